The molecule has 0 amide bonds. The van der Waals surface area contributed by atoms with Gasteiger partial charge in [0.2, 0.25) is 0 Å². The fourth-order valence-electron chi connectivity index (χ4n) is 6.11. The zero-order valence-corrected chi connectivity index (χ0v) is 24.3. The van der Waals surface area contributed by atoms with Crippen LogP contribution >= 0.6 is 0 Å². The molecule has 2 saturated heterocycles. The topological polar surface area (TPSA) is 163 Å². The Bertz CT molecular complexity index is 813. The number of ketones is 1. The Morgan fingerprint density at radius 1 is 0.868 bits per heavy atom. The van der Waals surface area contributed by atoms with Crippen molar-refractivity contribution in [1.82, 2.24) is 0 Å². The van der Waals surface area contributed by atoms with Gasteiger partial charge in [-0.25, -0.2) is 0 Å². The molecule has 10 nitrogen and oxygen atoms in total. The lowest BCUT2D eigenvalue weighted by atomic mass is 9.75. The molecule has 0 aliphatic carbocycles. The molecule has 2 fully saturated rings. The Balaban J connectivity index is 2.49. The number of hydrogen-bond acceptors (Lipinski definition) is 10. The Labute approximate surface area is 226 Å². The lowest BCUT2D eigenvalue weighted by molar-refractivity contribution is -0.295. The van der Waals surface area contributed by atoms with E-state index in [1.807, 2.05) is 6.92 Å². The van der Waals surface area contributed by atoms with Crippen molar-refractivity contribution in [2.45, 2.75) is 136 Å². The lowest BCUT2D eigenvalue weighted by Gasteiger charge is -2.45. The molecule has 2 aliphatic rings. The molecule has 0 spiro atoms. The normalized spacial score (nSPS) is 50.3. The van der Waals surface area contributed by atoms with Crippen molar-refractivity contribution >= 4 is 11.8 Å². The molecule has 2 rings (SSSR count). The first-order valence-corrected chi connectivity index (χ1v) is 13.9. The highest BCUT2D eigenvalue weighted by atomic mass is 16.7. The van der Waals surface area contributed by atoms with Crippen LogP contribution in [0, 0.1) is 29.6 Å². The molecule has 0 aromatic heterocycles. The first-order chi connectivity index (χ1) is 17.3. The Morgan fingerprint density at radius 2 is 1.42 bits per heavy atom. The van der Waals surface area contributed by atoms with Gasteiger partial charge < -0.3 is 39.7 Å². The molecule has 0 aromatic rings. The van der Waals surface area contributed by atoms with Crippen molar-refractivity contribution in [1.29, 1.82) is 0 Å². The lowest BCUT2D eigenvalue weighted by Crippen LogP contribution is -2.57. The van der Waals surface area contributed by atoms with E-state index in [-0.39, 0.29) is 18.6 Å². The van der Waals surface area contributed by atoms with Crippen molar-refractivity contribution in [3.05, 3.63) is 0 Å². The van der Waals surface area contributed by atoms with Crippen LogP contribution < -0.4 is 0 Å². The van der Waals surface area contributed by atoms with Crippen LogP contribution in [0.25, 0.3) is 0 Å². The average molecular weight is 547 g/mol. The van der Waals surface area contributed by atoms with Crippen LogP contribution in [0.2, 0.25) is 0 Å². The first kappa shape index (κ1) is 33.1. The molecule has 14 atom stereocenters. The fraction of sp³-hybridized carbons (Fsp3) is 0.929. The molecule has 38 heavy (non-hydrogen) atoms. The summed E-state index contributed by atoms with van der Waals surface area (Å²) < 4.78 is 17.8. The van der Waals surface area contributed by atoms with Crippen LogP contribution in [0.15, 0.2) is 0 Å². The Morgan fingerprint density at radius 3 is 1.95 bits per heavy atom. The predicted octanol–water partition coefficient (Wildman–Crippen LogP) is 1.57. The number of rotatable bonds is 3. The smallest absolute Gasteiger partial charge is 0.311 e. The highest BCUT2D eigenvalue weighted by Crippen LogP contribution is 2.37. The zero-order chi connectivity index (χ0) is 29.3. The van der Waals surface area contributed by atoms with E-state index < -0.39 is 89.7 Å². The van der Waals surface area contributed by atoms with Crippen molar-refractivity contribution in [2.75, 3.05) is 0 Å². The third-order valence-electron chi connectivity index (χ3n) is 8.82. The number of esters is 1. The molecule has 0 radical (unpaired) electrons. The van der Waals surface area contributed by atoms with Crippen molar-refractivity contribution in [2.24, 2.45) is 29.6 Å². The van der Waals surface area contributed by atoms with Gasteiger partial charge in [-0.3, -0.25) is 9.59 Å². The summed E-state index contributed by atoms with van der Waals surface area (Å²) in [5.41, 5.74) is -3.24. The van der Waals surface area contributed by atoms with Gasteiger partial charge in [-0.2, -0.15) is 0 Å². The molecule has 10 heteroatoms. The molecule has 2 aliphatic heterocycles. The maximum atomic E-state index is 13.4. The van der Waals surface area contributed by atoms with Gasteiger partial charge in [0.05, 0.1) is 41.5 Å². The molecular weight excluding hydrogens is 496 g/mol. The van der Waals surface area contributed by atoms with Crippen molar-refractivity contribution in [3.63, 3.8) is 0 Å². The van der Waals surface area contributed by atoms with E-state index in [2.05, 4.69) is 0 Å². The minimum atomic E-state index is -1.73. The number of aliphatic hydroxyl groups is 5. The molecular formula is C28H50O10. The van der Waals surface area contributed by atoms with E-state index in [9.17, 15) is 35.1 Å². The number of cyclic esters (lactones) is 1. The van der Waals surface area contributed by atoms with Crippen LogP contribution in [-0.2, 0) is 23.8 Å². The van der Waals surface area contributed by atoms with Gasteiger partial charge in [0, 0.05) is 30.1 Å². The van der Waals surface area contributed by atoms with E-state index in [4.69, 9.17) is 14.2 Å². The molecule has 0 unspecified atom stereocenters. The summed E-state index contributed by atoms with van der Waals surface area (Å²) in [5.74, 6) is -4.59. The first-order valence-electron chi connectivity index (χ1n) is 13.9. The van der Waals surface area contributed by atoms with E-state index in [1.54, 1.807) is 41.5 Å². The van der Waals surface area contributed by atoms with Crippen LogP contribution in [0.3, 0.4) is 0 Å². The van der Waals surface area contributed by atoms with Gasteiger partial charge in [0.25, 0.3) is 0 Å². The molecule has 5 N–H and O–H groups in total. The third-order valence-corrected chi connectivity index (χ3v) is 8.82. The maximum Gasteiger partial charge on any atom is 0.311 e. The summed E-state index contributed by atoms with van der Waals surface area (Å²) in [7, 11) is 0. The van der Waals surface area contributed by atoms with Crippen LogP contribution in [0.5, 0.6) is 0 Å². The summed E-state index contributed by atoms with van der Waals surface area (Å²) >= 11 is 0. The van der Waals surface area contributed by atoms with Gasteiger partial charge in [0.1, 0.15) is 18.0 Å². The van der Waals surface area contributed by atoms with E-state index in [0.717, 1.165) is 0 Å². The van der Waals surface area contributed by atoms with Gasteiger partial charge in [-0.05, 0) is 40.5 Å². The van der Waals surface area contributed by atoms with E-state index in [0.29, 0.717) is 6.42 Å². The average Bonchev–Trinajstić information content (AvgIpc) is 2.84. The van der Waals surface area contributed by atoms with E-state index in [1.165, 1.54) is 13.8 Å². The second-order valence-corrected chi connectivity index (χ2v) is 12.4. The largest absolute Gasteiger partial charge is 0.462 e. The quantitative estimate of drug-likeness (QED) is 0.328. The third kappa shape index (κ3) is 7.13. The summed E-state index contributed by atoms with van der Waals surface area (Å²) in [6.07, 6.45) is -6.81. The monoisotopic (exact) mass is 546 g/mol. The van der Waals surface area contributed by atoms with Crippen molar-refractivity contribution < 1.29 is 49.3 Å². The predicted molar refractivity (Wildman–Crippen MR) is 139 cm³/mol. The van der Waals surface area contributed by atoms with Crippen molar-refractivity contribution in [3.8, 4) is 0 Å². The van der Waals surface area contributed by atoms with Crippen LogP contribution in [-0.4, -0.2) is 91.4 Å². The second kappa shape index (κ2) is 12.6. The van der Waals surface area contributed by atoms with Gasteiger partial charge in [-0.15, -0.1) is 0 Å². The zero-order valence-electron chi connectivity index (χ0n) is 24.3. The molecule has 0 bridgehead atoms. The minimum Gasteiger partial charge on any atom is -0.462 e. The summed E-state index contributed by atoms with van der Waals surface area (Å²) in [6, 6.07) is 0. The second-order valence-electron chi connectivity index (χ2n) is 12.4. The summed E-state index contributed by atoms with van der Waals surface area (Å²) in [4.78, 5) is 26.5. The number of carbonyl (C=O) groups excluding carboxylic acids is 2. The molecule has 0 aromatic carbocycles. The summed E-state index contributed by atoms with van der Waals surface area (Å²) in [6.45, 7) is 14.6. The fourth-order valence-corrected chi connectivity index (χ4v) is 6.11. The number of carbonyl (C=O) groups is 2. The summed E-state index contributed by atoms with van der Waals surface area (Å²) in [5, 5.41) is 54.5. The van der Waals surface area contributed by atoms with Gasteiger partial charge >= 0.3 is 5.97 Å². The standard InChI is InChI=1S/C28H50O10/c1-10-19-14(3)22(30)15(4)21(29)13(2)11-27(8,34)24(31)16(5)23(17(6)26(33)37-19)38-20-12-28(9,35)25(32)18(7)36-20/h13-20,22-25,30-32,34-35H,10-12H2,1-9H3/t13-,14-,15+,16+,17-,18-,19+,20+,22+,23+,24+,25-,27+,28+/m1/s1. The molecule has 0 saturated carbocycles. The highest BCUT2D eigenvalue weighted by molar-refractivity contribution is 5.83. The number of Topliss-reactive ketones (excluding diaryl/α,β-unsaturated/α-hetero) is 1. The number of aliphatic hydroxyl groups excluding tert-OH is 3. The van der Waals surface area contributed by atoms with Gasteiger partial charge in [-0.1, -0.05) is 34.6 Å². The van der Waals surface area contributed by atoms with E-state index >= 15 is 0 Å². The molecule has 222 valence electrons. The number of ether oxygens (including phenoxy) is 3. The number of hydrogen-bond donors (Lipinski definition) is 5. The maximum absolute atomic E-state index is 13.4. The Hall–Kier alpha value is -1.14. The van der Waals surface area contributed by atoms with Gasteiger partial charge in [0.15, 0.2) is 6.29 Å². The van der Waals surface area contributed by atoms with Crippen LogP contribution in [0.1, 0.15) is 81.6 Å². The minimum absolute atomic E-state index is 0.0661. The molecule has 2 heterocycles. The highest BCUT2D eigenvalue weighted by Gasteiger charge is 2.49. The Kier molecular flexibility index (Phi) is 10.9. The van der Waals surface area contributed by atoms with Crippen LogP contribution in [0.4, 0.5) is 0 Å². The SMILES string of the molecule is CC[C@@H]1OC(=O)[C@H](C)[C@@H](O[C@H]2C[C@](C)(O)[C@H](O)[C@@H](C)O2)[C@H](C)[C@H](O)[C@@](C)(O)C[C@@H](C)C(=O)[C@H](C)[C@@H](O)[C@@H]1C.